The van der Waals surface area contributed by atoms with Crippen LogP contribution in [0.1, 0.15) is 37.2 Å². The van der Waals surface area contributed by atoms with Crippen LogP contribution in [0.3, 0.4) is 0 Å². The van der Waals surface area contributed by atoms with Crippen molar-refractivity contribution in [3.05, 3.63) is 30.2 Å². The van der Waals surface area contributed by atoms with Crippen molar-refractivity contribution in [2.75, 3.05) is 6.54 Å². The van der Waals surface area contributed by atoms with Crippen LogP contribution in [0.25, 0.3) is 11.1 Å². The van der Waals surface area contributed by atoms with Gasteiger partial charge in [0.25, 0.3) is 0 Å². The quantitative estimate of drug-likeness (QED) is 0.881. The molecule has 2 aromatic rings. The van der Waals surface area contributed by atoms with E-state index in [4.69, 9.17) is 10.2 Å². The van der Waals surface area contributed by atoms with Crippen LogP contribution in [0, 0.1) is 5.92 Å². The van der Waals surface area contributed by atoms with Crippen LogP contribution in [0.15, 0.2) is 29.0 Å². The number of fused-ring (bicyclic) bond motifs is 1. The van der Waals surface area contributed by atoms with E-state index in [1.54, 1.807) is 0 Å². The van der Waals surface area contributed by atoms with Gasteiger partial charge in [-0.15, -0.1) is 0 Å². The zero-order valence-electron chi connectivity index (χ0n) is 9.93. The lowest BCUT2D eigenvalue weighted by Crippen LogP contribution is -2.19. The minimum absolute atomic E-state index is 0.485. The van der Waals surface area contributed by atoms with Gasteiger partial charge in [0.15, 0.2) is 12.0 Å². The Kier molecular flexibility index (Phi) is 2.85. The molecular formula is C14H18N2O. The predicted octanol–water partition coefficient (Wildman–Crippen LogP) is 3.06. The second-order valence-corrected chi connectivity index (χ2v) is 4.97. The summed E-state index contributed by atoms with van der Waals surface area (Å²) >= 11 is 0. The van der Waals surface area contributed by atoms with Crippen LogP contribution in [0.4, 0.5) is 0 Å². The predicted molar refractivity (Wildman–Crippen MR) is 67.8 cm³/mol. The molecule has 2 N–H and O–H groups in total. The average molecular weight is 230 g/mol. The standard InChI is InChI=1S/C14H18N2O/c15-8-12(10-3-1-2-4-10)11-5-6-14-13(7-11)16-9-17-14/h5-7,9-10,12H,1-4,8,15H2. The topological polar surface area (TPSA) is 52.0 Å². The number of nitrogens with zero attached hydrogens (tertiary/aromatic N) is 1. The molecule has 3 nitrogen and oxygen atoms in total. The normalized spacial score (nSPS) is 18.9. The van der Waals surface area contributed by atoms with Gasteiger partial charge in [0, 0.05) is 0 Å². The SMILES string of the molecule is NCC(c1ccc2ocnc2c1)C1CCCC1. The van der Waals surface area contributed by atoms with Crippen molar-refractivity contribution in [1.29, 1.82) is 0 Å². The first-order valence-corrected chi connectivity index (χ1v) is 6.41. The first-order valence-electron chi connectivity index (χ1n) is 6.41. The molecule has 1 heterocycles. The maximum atomic E-state index is 5.96. The molecule has 3 heteroatoms. The molecule has 1 fully saturated rings. The molecule has 0 amide bonds. The number of nitrogens with two attached hydrogens (primary N) is 1. The zero-order valence-corrected chi connectivity index (χ0v) is 9.93. The fourth-order valence-electron chi connectivity index (χ4n) is 3.07. The van der Waals surface area contributed by atoms with Crippen LogP contribution in [-0.2, 0) is 0 Å². The van der Waals surface area contributed by atoms with Gasteiger partial charge in [-0.25, -0.2) is 4.98 Å². The lowest BCUT2D eigenvalue weighted by Gasteiger charge is -2.22. The third kappa shape index (κ3) is 1.95. The second-order valence-electron chi connectivity index (χ2n) is 4.97. The summed E-state index contributed by atoms with van der Waals surface area (Å²) in [5, 5.41) is 0. The van der Waals surface area contributed by atoms with E-state index in [1.807, 2.05) is 6.07 Å². The van der Waals surface area contributed by atoms with E-state index in [0.29, 0.717) is 5.92 Å². The molecule has 1 aliphatic rings. The number of hydrogen-bond acceptors (Lipinski definition) is 3. The largest absolute Gasteiger partial charge is 0.443 e. The van der Waals surface area contributed by atoms with E-state index in [2.05, 4.69) is 17.1 Å². The number of oxazole rings is 1. The minimum atomic E-state index is 0.485. The van der Waals surface area contributed by atoms with Crippen molar-refractivity contribution in [2.24, 2.45) is 11.7 Å². The first kappa shape index (κ1) is 10.8. The number of rotatable bonds is 3. The average Bonchev–Trinajstić information content (AvgIpc) is 2.99. The summed E-state index contributed by atoms with van der Waals surface area (Å²) in [4.78, 5) is 4.22. The van der Waals surface area contributed by atoms with E-state index >= 15 is 0 Å². The molecule has 1 atom stereocenters. The number of hydrogen-bond donors (Lipinski definition) is 1. The van der Waals surface area contributed by atoms with Gasteiger partial charge < -0.3 is 10.2 Å². The van der Waals surface area contributed by atoms with Gasteiger partial charge >= 0.3 is 0 Å². The zero-order chi connectivity index (χ0) is 11.7. The molecule has 1 aliphatic carbocycles. The summed E-state index contributed by atoms with van der Waals surface area (Å²) < 4.78 is 5.27. The Balaban J connectivity index is 1.93. The molecule has 1 aromatic heterocycles. The Hall–Kier alpha value is -1.35. The van der Waals surface area contributed by atoms with Gasteiger partial charge in [0.05, 0.1) is 0 Å². The molecule has 90 valence electrons. The van der Waals surface area contributed by atoms with Crippen molar-refractivity contribution < 1.29 is 4.42 Å². The molecule has 17 heavy (non-hydrogen) atoms. The highest BCUT2D eigenvalue weighted by Gasteiger charge is 2.25. The maximum absolute atomic E-state index is 5.96. The highest BCUT2D eigenvalue weighted by molar-refractivity contribution is 5.73. The fraction of sp³-hybridized carbons (Fsp3) is 0.500. The van der Waals surface area contributed by atoms with Gasteiger partial charge in [0.2, 0.25) is 0 Å². The van der Waals surface area contributed by atoms with Gasteiger partial charge in [-0.3, -0.25) is 0 Å². The highest BCUT2D eigenvalue weighted by atomic mass is 16.3. The Morgan fingerprint density at radius 3 is 2.94 bits per heavy atom. The lowest BCUT2D eigenvalue weighted by atomic mass is 9.85. The Labute approximate surface area is 101 Å². The van der Waals surface area contributed by atoms with Crippen molar-refractivity contribution in [1.82, 2.24) is 4.98 Å². The Morgan fingerprint density at radius 2 is 2.18 bits per heavy atom. The van der Waals surface area contributed by atoms with Crippen molar-refractivity contribution in [3.8, 4) is 0 Å². The monoisotopic (exact) mass is 230 g/mol. The van der Waals surface area contributed by atoms with Crippen LogP contribution >= 0.6 is 0 Å². The van der Waals surface area contributed by atoms with Crippen molar-refractivity contribution in [3.63, 3.8) is 0 Å². The van der Waals surface area contributed by atoms with Crippen LogP contribution < -0.4 is 5.73 Å². The Bertz CT molecular complexity index is 500. The number of aromatic nitrogens is 1. The van der Waals surface area contributed by atoms with Crippen LogP contribution in [-0.4, -0.2) is 11.5 Å². The van der Waals surface area contributed by atoms with Gasteiger partial charge in [-0.1, -0.05) is 18.9 Å². The molecule has 0 bridgehead atoms. The molecule has 0 spiro atoms. The van der Waals surface area contributed by atoms with E-state index < -0.39 is 0 Å². The summed E-state index contributed by atoms with van der Waals surface area (Å²) in [5.41, 5.74) is 9.08. The van der Waals surface area contributed by atoms with Gasteiger partial charge in [0.1, 0.15) is 5.52 Å². The number of benzene rings is 1. The lowest BCUT2D eigenvalue weighted by molar-refractivity contribution is 0.440. The van der Waals surface area contributed by atoms with Crippen LogP contribution in [0.5, 0.6) is 0 Å². The molecule has 0 radical (unpaired) electrons. The third-order valence-electron chi connectivity index (χ3n) is 4.01. The molecule has 1 saturated carbocycles. The van der Waals surface area contributed by atoms with E-state index in [0.717, 1.165) is 23.6 Å². The molecular weight excluding hydrogens is 212 g/mol. The Morgan fingerprint density at radius 1 is 1.35 bits per heavy atom. The summed E-state index contributed by atoms with van der Waals surface area (Å²) in [7, 11) is 0. The molecule has 1 unspecified atom stereocenters. The molecule has 3 rings (SSSR count). The summed E-state index contributed by atoms with van der Waals surface area (Å²) in [6.45, 7) is 0.730. The van der Waals surface area contributed by atoms with Crippen molar-refractivity contribution in [2.45, 2.75) is 31.6 Å². The van der Waals surface area contributed by atoms with E-state index in [-0.39, 0.29) is 0 Å². The molecule has 0 saturated heterocycles. The van der Waals surface area contributed by atoms with Crippen LogP contribution in [0.2, 0.25) is 0 Å². The third-order valence-corrected chi connectivity index (χ3v) is 4.01. The first-order chi connectivity index (χ1) is 8.38. The fourth-order valence-corrected chi connectivity index (χ4v) is 3.07. The van der Waals surface area contributed by atoms with E-state index in [1.165, 1.54) is 37.6 Å². The summed E-state index contributed by atoms with van der Waals surface area (Å²) in [6, 6.07) is 6.29. The van der Waals surface area contributed by atoms with Gasteiger partial charge in [-0.2, -0.15) is 0 Å². The highest BCUT2D eigenvalue weighted by Crippen LogP contribution is 2.37. The van der Waals surface area contributed by atoms with E-state index in [9.17, 15) is 0 Å². The molecule has 0 aliphatic heterocycles. The maximum Gasteiger partial charge on any atom is 0.181 e. The van der Waals surface area contributed by atoms with Gasteiger partial charge in [-0.05, 0) is 48.9 Å². The minimum Gasteiger partial charge on any atom is -0.443 e. The van der Waals surface area contributed by atoms with Crippen molar-refractivity contribution >= 4 is 11.1 Å². The smallest absolute Gasteiger partial charge is 0.181 e. The summed E-state index contributed by atoms with van der Waals surface area (Å²) in [6.07, 6.45) is 6.85. The second kappa shape index (κ2) is 4.49. The summed E-state index contributed by atoms with van der Waals surface area (Å²) in [5.74, 6) is 1.24. The molecule has 1 aromatic carbocycles.